The molecule has 130 valence electrons. The zero-order valence-corrected chi connectivity index (χ0v) is 16.2. The van der Waals surface area contributed by atoms with E-state index >= 15 is 0 Å². The average Bonchev–Trinajstić information content (AvgIpc) is 2.41. The summed E-state index contributed by atoms with van der Waals surface area (Å²) < 4.78 is 0. The lowest BCUT2D eigenvalue weighted by molar-refractivity contribution is 0.436. The highest BCUT2D eigenvalue weighted by Gasteiger charge is 2.31. The normalized spacial score (nSPS) is 12.5. The minimum Gasteiger partial charge on any atom is -0.508 e. The third-order valence-electron chi connectivity index (χ3n) is 4.50. The van der Waals surface area contributed by atoms with Gasteiger partial charge in [0.25, 0.3) is 0 Å². The van der Waals surface area contributed by atoms with Crippen LogP contribution in [0.5, 0.6) is 11.5 Å². The van der Waals surface area contributed by atoms with Crippen LogP contribution in [0.1, 0.15) is 63.8 Å². The molecule has 0 aliphatic heterocycles. The fraction of sp³-hybridized carbons (Fsp3) is 0.455. The van der Waals surface area contributed by atoms with Crippen LogP contribution in [0.25, 0.3) is 11.1 Å². The van der Waals surface area contributed by atoms with Crippen LogP contribution in [0, 0.1) is 13.8 Å². The van der Waals surface area contributed by atoms with E-state index in [1.807, 2.05) is 19.1 Å². The van der Waals surface area contributed by atoms with Crippen molar-refractivity contribution in [3.63, 3.8) is 0 Å². The van der Waals surface area contributed by atoms with Crippen molar-refractivity contribution in [3.05, 3.63) is 46.5 Å². The van der Waals surface area contributed by atoms with Crippen molar-refractivity contribution in [1.29, 1.82) is 0 Å². The molecule has 2 aromatic carbocycles. The summed E-state index contributed by atoms with van der Waals surface area (Å²) in [6, 6.07) is 7.54. The van der Waals surface area contributed by atoms with Crippen molar-refractivity contribution in [2.24, 2.45) is 0 Å². The Morgan fingerprint density at radius 2 is 1.25 bits per heavy atom. The van der Waals surface area contributed by atoms with Crippen molar-refractivity contribution in [2.75, 3.05) is 0 Å². The molecule has 0 aliphatic carbocycles. The largest absolute Gasteiger partial charge is 0.508 e. The van der Waals surface area contributed by atoms with Gasteiger partial charge in [0, 0.05) is 11.1 Å². The predicted octanol–water partition coefficient (Wildman–Crippen LogP) is 5.98. The Bertz CT molecular complexity index is 772. The molecule has 0 saturated heterocycles. The summed E-state index contributed by atoms with van der Waals surface area (Å²) >= 11 is 0. The highest BCUT2D eigenvalue weighted by molar-refractivity contribution is 5.76. The molecule has 0 amide bonds. The van der Waals surface area contributed by atoms with E-state index in [1.54, 1.807) is 6.07 Å². The summed E-state index contributed by atoms with van der Waals surface area (Å²) in [7, 11) is 0. The van der Waals surface area contributed by atoms with E-state index in [0.29, 0.717) is 5.75 Å². The van der Waals surface area contributed by atoms with E-state index in [-0.39, 0.29) is 16.6 Å². The number of phenolic OH excluding ortho intramolecular Hbond substituents is 2. The molecule has 2 aromatic rings. The summed E-state index contributed by atoms with van der Waals surface area (Å²) in [5.74, 6) is 0.625. The van der Waals surface area contributed by atoms with Crippen LogP contribution in [0.4, 0.5) is 0 Å². The fourth-order valence-corrected chi connectivity index (χ4v) is 3.55. The second-order valence-electron chi connectivity index (χ2n) is 8.84. The molecule has 0 fully saturated rings. The first kappa shape index (κ1) is 18.4. The molecule has 0 radical (unpaired) electrons. The van der Waals surface area contributed by atoms with Crippen molar-refractivity contribution in [1.82, 2.24) is 0 Å². The SMILES string of the molecule is Cc1cc(-c2cc(C)c(C(C)(C)C)c(C(C)(C)C)c2O)ccc1O. The Labute approximate surface area is 146 Å². The van der Waals surface area contributed by atoms with Crippen LogP contribution in [0.15, 0.2) is 24.3 Å². The third-order valence-corrected chi connectivity index (χ3v) is 4.50. The smallest absolute Gasteiger partial charge is 0.127 e. The summed E-state index contributed by atoms with van der Waals surface area (Å²) in [5.41, 5.74) is 5.76. The number of benzene rings is 2. The van der Waals surface area contributed by atoms with Crippen molar-refractivity contribution < 1.29 is 10.2 Å². The number of hydrogen-bond donors (Lipinski definition) is 2. The Balaban J connectivity index is 2.86. The first-order valence-electron chi connectivity index (χ1n) is 8.51. The molecule has 2 nitrogen and oxygen atoms in total. The molecule has 0 heterocycles. The molecule has 0 spiro atoms. The van der Waals surface area contributed by atoms with Gasteiger partial charge in [-0.1, -0.05) is 47.6 Å². The first-order valence-corrected chi connectivity index (χ1v) is 8.51. The van der Waals surface area contributed by atoms with Gasteiger partial charge in [0.05, 0.1) is 0 Å². The van der Waals surface area contributed by atoms with E-state index < -0.39 is 0 Å². The number of rotatable bonds is 1. The lowest BCUT2D eigenvalue weighted by Crippen LogP contribution is -2.23. The minimum atomic E-state index is -0.167. The van der Waals surface area contributed by atoms with Gasteiger partial charge in [-0.05, 0) is 65.1 Å². The molecule has 2 N–H and O–H groups in total. The summed E-state index contributed by atoms with van der Waals surface area (Å²) in [4.78, 5) is 0. The van der Waals surface area contributed by atoms with Gasteiger partial charge in [0.1, 0.15) is 11.5 Å². The summed E-state index contributed by atoms with van der Waals surface area (Å²) in [6.45, 7) is 17.0. The molecular weight excluding hydrogens is 296 g/mol. The zero-order valence-electron chi connectivity index (χ0n) is 16.2. The molecule has 2 heteroatoms. The lowest BCUT2D eigenvalue weighted by Gasteiger charge is -2.33. The number of aromatic hydroxyl groups is 2. The summed E-state index contributed by atoms with van der Waals surface area (Å²) in [5, 5.41) is 20.9. The quantitative estimate of drug-likeness (QED) is 0.677. The maximum absolute atomic E-state index is 11.1. The Morgan fingerprint density at radius 1 is 0.708 bits per heavy atom. The van der Waals surface area contributed by atoms with Crippen LogP contribution >= 0.6 is 0 Å². The van der Waals surface area contributed by atoms with Crippen molar-refractivity contribution in [2.45, 2.75) is 66.2 Å². The van der Waals surface area contributed by atoms with Crippen LogP contribution in [0.2, 0.25) is 0 Å². The van der Waals surface area contributed by atoms with Crippen molar-refractivity contribution in [3.8, 4) is 22.6 Å². The standard InChI is InChI=1S/C22H30O2/c1-13-11-15(9-10-17(13)23)16-12-14(2)18(21(3,4)5)19(20(16)24)22(6,7)8/h9-12,23-24H,1-8H3. The predicted molar refractivity (Wildman–Crippen MR) is 102 cm³/mol. The molecule has 0 bridgehead atoms. The van der Waals surface area contributed by atoms with E-state index in [9.17, 15) is 10.2 Å². The van der Waals surface area contributed by atoms with Crippen LogP contribution < -0.4 is 0 Å². The number of hydrogen-bond acceptors (Lipinski definition) is 2. The minimum absolute atomic E-state index is 0.0480. The molecular formula is C22H30O2. The van der Waals surface area contributed by atoms with Gasteiger partial charge in [-0.2, -0.15) is 0 Å². The molecule has 2 rings (SSSR count). The molecule has 0 saturated carbocycles. The van der Waals surface area contributed by atoms with Crippen molar-refractivity contribution >= 4 is 0 Å². The maximum atomic E-state index is 11.1. The van der Waals surface area contributed by atoms with Crippen LogP contribution in [-0.2, 0) is 10.8 Å². The Kier molecular flexibility index (Phi) is 4.47. The Morgan fingerprint density at radius 3 is 1.71 bits per heavy atom. The van der Waals surface area contributed by atoms with E-state index in [0.717, 1.165) is 22.3 Å². The van der Waals surface area contributed by atoms with Gasteiger partial charge in [-0.15, -0.1) is 0 Å². The van der Waals surface area contributed by atoms with Gasteiger partial charge in [0.15, 0.2) is 0 Å². The maximum Gasteiger partial charge on any atom is 0.127 e. The molecule has 0 unspecified atom stereocenters. The monoisotopic (exact) mass is 326 g/mol. The zero-order chi connectivity index (χ0) is 18.4. The number of phenols is 2. The lowest BCUT2D eigenvalue weighted by atomic mass is 9.71. The third kappa shape index (κ3) is 3.28. The van der Waals surface area contributed by atoms with Gasteiger partial charge < -0.3 is 10.2 Å². The van der Waals surface area contributed by atoms with Crippen LogP contribution in [0.3, 0.4) is 0 Å². The second kappa shape index (κ2) is 5.84. The first-order chi connectivity index (χ1) is 10.8. The van der Waals surface area contributed by atoms with Gasteiger partial charge in [-0.3, -0.25) is 0 Å². The van der Waals surface area contributed by atoms with E-state index in [2.05, 4.69) is 54.5 Å². The van der Waals surface area contributed by atoms with Gasteiger partial charge in [-0.25, -0.2) is 0 Å². The number of aryl methyl sites for hydroxylation is 2. The molecule has 0 aliphatic rings. The molecule has 0 atom stereocenters. The van der Waals surface area contributed by atoms with E-state index in [4.69, 9.17) is 0 Å². The topological polar surface area (TPSA) is 40.5 Å². The molecule has 24 heavy (non-hydrogen) atoms. The highest BCUT2D eigenvalue weighted by Crippen LogP contribution is 2.46. The highest BCUT2D eigenvalue weighted by atomic mass is 16.3. The fourth-order valence-electron chi connectivity index (χ4n) is 3.55. The Hall–Kier alpha value is -1.96. The average molecular weight is 326 g/mol. The van der Waals surface area contributed by atoms with Crippen LogP contribution in [-0.4, -0.2) is 10.2 Å². The van der Waals surface area contributed by atoms with E-state index in [1.165, 1.54) is 11.1 Å². The van der Waals surface area contributed by atoms with Gasteiger partial charge >= 0.3 is 0 Å². The molecule has 0 aromatic heterocycles. The summed E-state index contributed by atoms with van der Waals surface area (Å²) in [6.07, 6.45) is 0. The van der Waals surface area contributed by atoms with Gasteiger partial charge in [0.2, 0.25) is 0 Å². The second-order valence-corrected chi connectivity index (χ2v) is 8.84.